The highest BCUT2D eigenvalue weighted by Crippen LogP contribution is 2.38. The Morgan fingerprint density at radius 1 is 1.33 bits per heavy atom. The van der Waals surface area contributed by atoms with Gasteiger partial charge < -0.3 is 5.11 Å². The summed E-state index contributed by atoms with van der Waals surface area (Å²) in [6, 6.07) is 7.90. The monoisotopic (exact) mass is 307 g/mol. The predicted octanol–water partition coefficient (Wildman–Crippen LogP) is 3.89. The molecule has 0 spiro atoms. The summed E-state index contributed by atoms with van der Waals surface area (Å²) in [4.78, 5) is 21.7. The van der Waals surface area contributed by atoms with E-state index in [0.29, 0.717) is 10.5 Å². The van der Waals surface area contributed by atoms with E-state index in [4.69, 9.17) is 5.11 Å². The van der Waals surface area contributed by atoms with Gasteiger partial charge in [-0.15, -0.1) is 0 Å². The Labute approximate surface area is 123 Å². The quantitative estimate of drug-likeness (QED) is 0.684. The van der Waals surface area contributed by atoms with E-state index in [2.05, 4.69) is 0 Å². The SMILES string of the molecule is Cc1cccc([N+](=O)[O-])c1Sc1cc(C(=O)O)ccc1F. The molecule has 5 nitrogen and oxygen atoms in total. The number of nitro benzene ring substituents is 1. The van der Waals surface area contributed by atoms with Crippen LogP contribution < -0.4 is 0 Å². The van der Waals surface area contributed by atoms with E-state index in [1.54, 1.807) is 19.1 Å². The molecule has 2 aromatic rings. The molecule has 0 saturated carbocycles. The minimum Gasteiger partial charge on any atom is -0.478 e. The maximum Gasteiger partial charge on any atom is 0.335 e. The number of nitro groups is 1. The Morgan fingerprint density at radius 3 is 2.67 bits per heavy atom. The molecule has 0 fully saturated rings. The summed E-state index contributed by atoms with van der Waals surface area (Å²) in [6.07, 6.45) is 0. The number of nitrogens with zero attached hydrogens (tertiary/aromatic N) is 1. The normalized spacial score (nSPS) is 10.4. The molecule has 0 amide bonds. The van der Waals surface area contributed by atoms with Crippen LogP contribution in [0.5, 0.6) is 0 Å². The first-order valence-corrected chi connectivity index (χ1v) is 6.66. The maximum atomic E-state index is 13.8. The van der Waals surface area contributed by atoms with Crippen LogP contribution >= 0.6 is 11.8 Å². The van der Waals surface area contributed by atoms with Gasteiger partial charge in [-0.2, -0.15) is 0 Å². The number of rotatable bonds is 4. The molecule has 0 atom stereocenters. The third-order valence-corrected chi connectivity index (χ3v) is 4.05. The molecule has 1 N–H and O–H groups in total. The van der Waals surface area contributed by atoms with Gasteiger partial charge in [0.1, 0.15) is 5.82 Å². The van der Waals surface area contributed by atoms with Crippen LogP contribution in [-0.2, 0) is 0 Å². The first-order valence-electron chi connectivity index (χ1n) is 5.85. The van der Waals surface area contributed by atoms with Gasteiger partial charge in [0.05, 0.1) is 15.4 Å². The molecule has 0 aliphatic heterocycles. The Balaban J connectivity index is 2.50. The van der Waals surface area contributed by atoms with Crippen LogP contribution in [0, 0.1) is 22.9 Å². The van der Waals surface area contributed by atoms with Gasteiger partial charge in [-0.05, 0) is 30.7 Å². The van der Waals surface area contributed by atoms with Crippen LogP contribution in [0.3, 0.4) is 0 Å². The highest BCUT2D eigenvalue weighted by Gasteiger charge is 2.19. The van der Waals surface area contributed by atoms with Gasteiger partial charge in [0.2, 0.25) is 0 Å². The lowest BCUT2D eigenvalue weighted by Gasteiger charge is -2.08. The molecule has 0 heterocycles. The van der Waals surface area contributed by atoms with Crippen LogP contribution in [0.25, 0.3) is 0 Å². The van der Waals surface area contributed by atoms with E-state index in [1.165, 1.54) is 12.1 Å². The Morgan fingerprint density at radius 2 is 2.05 bits per heavy atom. The fourth-order valence-corrected chi connectivity index (χ4v) is 2.79. The molecule has 2 rings (SSSR count). The third-order valence-electron chi connectivity index (χ3n) is 2.78. The summed E-state index contributed by atoms with van der Waals surface area (Å²) in [5.41, 5.74) is 0.407. The fourth-order valence-electron chi connectivity index (χ4n) is 1.74. The molecule has 7 heteroatoms. The summed E-state index contributed by atoms with van der Waals surface area (Å²) < 4.78 is 13.8. The van der Waals surface area contributed by atoms with Crippen LogP contribution in [0.2, 0.25) is 0 Å². The third kappa shape index (κ3) is 3.19. The first-order chi connectivity index (χ1) is 9.90. The summed E-state index contributed by atoms with van der Waals surface area (Å²) in [5.74, 6) is -1.81. The second kappa shape index (κ2) is 5.92. The van der Waals surface area contributed by atoms with Crippen molar-refractivity contribution in [2.75, 3.05) is 0 Å². The topological polar surface area (TPSA) is 80.4 Å². The zero-order chi connectivity index (χ0) is 15.6. The molecule has 21 heavy (non-hydrogen) atoms. The van der Waals surface area contributed by atoms with Gasteiger partial charge in [-0.1, -0.05) is 23.9 Å². The van der Waals surface area contributed by atoms with Gasteiger partial charge in [0, 0.05) is 11.0 Å². The van der Waals surface area contributed by atoms with Crippen molar-refractivity contribution in [3.8, 4) is 0 Å². The minimum absolute atomic E-state index is 0.0345. The largest absolute Gasteiger partial charge is 0.478 e. The lowest BCUT2D eigenvalue weighted by Crippen LogP contribution is -1.98. The number of carboxylic acids is 1. The van der Waals surface area contributed by atoms with Gasteiger partial charge in [-0.25, -0.2) is 9.18 Å². The lowest BCUT2D eigenvalue weighted by molar-refractivity contribution is -0.387. The molecule has 0 aliphatic rings. The second-order valence-corrected chi connectivity index (χ2v) is 5.28. The van der Waals surface area contributed by atoms with E-state index in [9.17, 15) is 19.3 Å². The Kier molecular flexibility index (Phi) is 4.23. The number of hydrogen-bond acceptors (Lipinski definition) is 4. The minimum atomic E-state index is -1.18. The average Bonchev–Trinajstić information content (AvgIpc) is 2.42. The van der Waals surface area contributed by atoms with E-state index in [1.807, 2.05) is 0 Å². The number of carbonyl (C=O) groups is 1. The van der Waals surface area contributed by atoms with Crippen molar-refractivity contribution in [1.29, 1.82) is 0 Å². The van der Waals surface area contributed by atoms with Crippen molar-refractivity contribution in [3.63, 3.8) is 0 Å². The van der Waals surface area contributed by atoms with E-state index >= 15 is 0 Å². The lowest BCUT2D eigenvalue weighted by atomic mass is 10.2. The summed E-state index contributed by atoms with van der Waals surface area (Å²) in [6.45, 7) is 1.67. The van der Waals surface area contributed by atoms with E-state index in [-0.39, 0.29) is 16.1 Å². The summed E-state index contributed by atoms with van der Waals surface area (Å²) >= 11 is 0.847. The summed E-state index contributed by atoms with van der Waals surface area (Å²) in [7, 11) is 0. The van der Waals surface area contributed by atoms with Crippen molar-refractivity contribution >= 4 is 23.4 Å². The molecule has 0 bridgehead atoms. The number of halogens is 1. The number of aromatic carboxylic acids is 1. The highest BCUT2D eigenvalue weighted by atomic mass is 32.2. The van der Waals surface area contributed by atoms with Crippen molar-refractivity contribution in [3.05, 3.63) is 63.5 Å². The highest BCUT2D eigenvalue weighted by molar-refractivity contribution is 7.99. The molecule has 108 valence electrons. The number of aryl methyl sites for hydroxylation is 1. The van der Waals surface area contributed by atoms with Gasteiger partial charge in [-0.3, -0.25) is 10.1 Å². The van der Waals surface area contributed by atoms with Crippen LogP contribution in [0.15, 0.2) is 46.2 Å². The molecule has 0 aliphatic carbocycles. The van der Waals surface area contributed by atoms with Crippen LogP contribution in [0.1, 0.15) is 15.9 Å². The molecule has 2 aromatic carbocycles. The molecular weight excluding hydrogens is 297 g/mol. The van der Waals surface area contributed by atoms with Crippen molar-refractivity contribution in [2.24, 2.45) is 0 Å². The van der Waals surface area contributed by atoms with Gasteiger partial charge in [0.15, 0.2) is 0 Å². The first kappa shape index (κ1) is 15.0. The molecule has 0 saturated heterocycles. The van der Waals surface area contributed by atoms with Crippen molar-refractivity contribution < 1.29 is 19.2 Å². The van der Waals surface area contributed by atoms with Crippen molar-refractivity contribution in [2.45, 2.75) is 16.7 Å². The zero-order valence-corrected chi connectivity index (χ0v) is 11.7. The molecule has 0 aromatic heterocycles. The summed E-state index contributed by atoms with van der Waals surface area (Å²) in [5, 5.41) is 20.0. The van der Waals surface area contributed by atoms with Gasteiger partial charge in [0.25, 0.3) is 5.69 Å². The number of benzene rings is 2. The maximum absolute atomic E-state index is 13.8. The van der Waals surface area contributed by atoms with E-state index < -0.39 is 16.7 Å². The Hall–Kier alpha value is -2.41. The average molecular weight is 307 g/mol. The smallest absolute Gasteiger partial charge is 0.335 e. The van der Waals surface area contributed by atoms with Crippen LogP contribution in [0.4, 0.5) is 10.1 Å². The van der Waals surface area contributed by atoms with Gasteiger partial charge >= 0.3 is 5.97 Å². The molecule has 0 radical (unpaired) electrons. The number of hydrogen-bond donors (Lipinski definition) is 1. The number of carboxylic acid groups (broad SMARTS) is 1. The standard InChI is InChI=1S/C14H10FNO4S/c1-8-3-2-4-11(16(19)20)13(8)21-12-7-9(14(17)18)5-6-10(12)15/h2-7H,1H3,(H,17,18). The molecular formula is C14H10FNO4S. The Bertz CT molecular complexity index is 733. The van der Waals surface area contributed by atoms with Crippen molar-refractivity contribution in [1.82, 2.24) is 0 Å². The zero-order valence-electron chi connectivity index (χ0n) is 10.9. The predicted molar refractivity (Wildman–Crippen MR) is 75.3 cm³/mol. The fraction of sp³-hybridized carbons (Fsp3) is 0.0714. The van der Waals surface area contributed by atoms with Crippen LogP contribution in [-0.4, -0.2) is 16.0 Å². The molecule has 0 unspecified atom stereocenters. The van der Waals surface area contributed by atoms with E-state index in [0.717, 1.165) is 23.9 Å². The second-order valence-electron chi connectivity index (χ2n) is 4.23.